The van der Waals surface area contributed by atoms with Gasteiger partial charge in [-0.3, -0.25) is 24.6 Å². The number of nitro groups is 1. The van der Waals surface area contributed by atoms with Gasteiger partial charge < -0.3 is 9.64 Å². The maximum Gasteiger partial charge on any atom is 0.271 e. The molecule has 1 aromatic carbocycles. The Labute approximate surface area is 139 Å². The zero-order valence-electron chi connectivity index (χ0n) is 13.7. The second kappa shape index (κ2) is 7.12. The van der Waals surface area contributed by atoms with E-state index in [-0.39, 0.29) is 30.4 Å². The number of likely N-dealkylation sites (N-methyl/N-ethyl adjacent to an activating group) is 1. The quantitative estimate of drug-likeness (QED) is 0.449. The number of rotatable bonds is 6. The lowest BCUT2D eigenvalue weighted by Gasteiger charge is -2.31. The number of nitro benzene ring substituents is 1. The van der Waals surface area contributed by atoms with Crippen LogP contribution in [-0.4, -0.2) is 47.9 Å². The molecule has 128 valence electrons. The van der Waals surface area contributed by atoms with Gasteiger partial charge in [0.05, 0.1) is 10.6 Å². The van der Waals surface area contributed by atoms with Crippen LogP contribution >= 0.6 is 0 Å². The lowest BCUT2D eigenvalue weighted by atomic mass is 10.2. The normalized spacial score (nSPS) is 13.1. The number of amides is 2. The largest absolute Gasteiger partial charge is 0.482 e. The first kappa shape index (κ1) is 17.5. The van der Waals surface area contributed by atoms with Crippen LogP contribution in [0.5, 0.6) is 5.75 Å². The molecule has 0 unspecified atom stereocenters. The minimum Gasteiger partial charge on any atom is -0.482 e. The van der Waals surface area contributed by atoms with Crippen molar-refractivity contribution in [2.45, 2.75) is 13.8 Å². The number of benzene rings is 1. The van der Waals surface area contributed by atoms with E-state index >= 15 is 0 Å². The number of hydrogen-bond acceptors (Lipinski definition) is 5. The molecule has 2 rings (SSSR count). The Morgan fingerprint density at radius 2 is 2.21 bits per heavy atom. The van der Waals surface area contributed by atoms with E-state index in [1.807, 2.05) is 13.8 Å². The van der Waals surface area contributed by atoms with Gasteiger partial charge in [-0.2, -0.15) is 0 Å². The van der Waals surface area contributed by atoms with E-state index < -0.39 is 10.8 Å². The Balaban J connectivity index is 2.28. The first-order chi connectivity index (χ1) is 11.3. The molecule has 0 spiro atoms. The van der Waals surface area contributed by atoms with Crippen LogP contribution in [0.4, 0.5) is 11.4 Å². The van der Waals surface area contributed by atoms with Gasteiger partial charge in [0.2, 0.25) is 5.91 Å². The van der Waals surface area contributed by atoms with Gasteiger partial charge in [-0.1, -0.05) is 12.2 Å². The van der Waals surface area contributed by atoms with Crippen molar-refractivity contribution < 1.29 is 19.2 Å². The third-order valence-electron chi connectivity index (χ3n) is 3.58. The van der Waals surface area contributed by atoms with E-state index in [4.69, 9.17) is 4.74 Å². The molecule has 0 aromatic heterocycles. The number of nitrogens with zero attached hydrogens (tertiary/aromatic N) is 3. The lowest BCUT2D eigenvalue weighted by Crippen LogP contribution is -2.46. The summed E-state index contributed by atoms with van der Waals surface area (Å²) in [4.78, 5) is 37.8. The number of non-ortho nitro benzene ring substituents is 1. The van der Waals surface area contributed by atoms with Crippen molar-refractivity contribution in [3.8, 4) is 5.75 Å². The van der Waals surface area contributed by atoms with Crippen molar-refractivity contribution in [3.63, 3.8) is 0 Å². The summed E-state index contributed by atoms with van der Waals surface area (Å²) in [5.41, 5.74) is 0.897. The van der Waals surface area contributed by atoms with Crippen molar-refractivity contribution in [1.29, 1.82) is 0 Å². The molecule has 8 heteroatoms. The van der Waals surface area contributed by atoms with Gasteiger partial charge in [0.25, 0.3) is 11.6 Å². The molecule has 0 bridgehead atoms. The molecule has 0 saturated carbocycles. The second-order valence-electron chi connectivity index (χ2n) is 5.54. The van der Waals surface area contributed by atoms with Crippen molar-refractivity contribution >= 4 is 23.2 Å². The summed E-state index contributed by atoms with van der Waals surface area (Å²) in [6, 6.07) is 3.98. The van der Waals surface area contributed by atoms with E-state index in [0.29, 0.717) is 18.8 Å². The molecule has 0 radical (unpaired) electrons. The summed E-state index contributed by atoms with van der Waals surface area (Å²) in [6.45, 7) is 7.91. The number of carbonyl (C=O) groups is 2. The van der Waals surface area contributed by atoms with Gasteiger partial charge in [0, 0.05) is 25.2 Å². The molecule has 2 amide bonds. The molecule has 0 fully saturated rings. The third kappa shape index (κ3) is 3.70. The van der Waals surface area contributed by atoms with Crippen LogP contribution in [0, 0.1) is 10.1 Å². The maximum absolute atomic E-state index is 12.5. The first-order valence-corrected chi connectivity index (χ1v) is 7.47. The van der Waals surface area contributed by atoms with Gasteiger partial charge in [0.15, 0.2) is 6.61 Å². The summed E-state index contributed by atoms with van der Waals surface area (Å²) in [5.74, 6) is -0.327. The van der Waals surface area contributed by atoms with Gasteiger partial charge in [0.1, 0.15) is 12.3 Å². The van der Waals surface area contributed by atoms with Crippen molar-refractivity contribution in [3.05, 3.63) is 40.5 Å². The molecule has 0 N–H and O–H groups in total. The first-order valence-electron chi connectivity index (χ1n) is 7.47. The van der Waals surface area contributed by atoms with Crippen LogP contribution in [-0.2, 0) is 9.59 Å². The van der Waals surface area contributed by atoms with Gasteiger partial charge in [-0.05, 0) is 19.9 Å². The molecular weight excluding hydrogens is 314 g/mol. The number of fused-ring (bicyclic) bond motifs is 1. The highest BCUT2D eigenvalue weighted by molar-refractivity contribution is 6.02. The molecule has 0 aliphatic carbocycles. The smallest absolute Gasteiger partial charge is 0.271 e. The van der Waals surface area contributed by atoms with Crippen LogP contribution in [0.15, 0.2) is 30.4 Å². The predicted molar refractivity (Wildman–Crippen MR) is 88.0 cm³/mol. The molecule has 1 aliphatic rings. The minimum atomic E-state index is -0.557. The summed E-state index contributed by atoms with van der Waals surface area (Å²) >= 11 is 0. The molecule has 1 aromatic rings. The highest BCUT2D eigenvalue weighted by Crippen LogP contribution is 2.35. The van der Waals surface area contributed by atoms with Crippen LogP contribution < -0.4 is 9.64 Å². The second-order valence-corrected chi connectivity index (χ2v) is 5.54. The zero-order valence-corrected chi connectivity index (χ0v) is 13.7. The average molecular weight is 333 g/mol. The van der Waals surface area contributed by atoms with Crippen molar-refractivity contribution in [2.24, 2.45) is 0 Å². The minimum absolute atomic E-state index is 0.168. The standard InChI is InChI=1S/C16H19N3O5/c1-4-17(8-11(2)3)15(20)9-18-13-7-12(19(22)23)5-6-14(13)24-10-16(18)21/h5-7H,2,4,8-10H2,1,3H3. The van der Waals surface area contributed by atoms with Crippen LogP contribution in [0.1, 0.15) is 13.8 Å². The van der Waals surface area contributed by atoms with Crippen LogP contribution in [0.3, 0.4) is 0 Å². The van der Waals surface area contributed by atoms with Crippen LogP contribution in [0.25, 0.3) is 0 Å². The van der Waals surface area contributed by atoms with Gasteiger partial charge in [-0.15, -0.1) is 0 Å². The Kier molecular flexibility index (Phi) is 5.18. The maximum atomic E-state index is 12.5. The van der Waals surface area contributed by atoms with E-state index in [1.165, 1.54) is 23.1 Å². The molecule has 1 heterocycles. The van der Waals surface area contributed by atoms with E-state index in [1.54, 1.807) is 4.90 Å². The SMILES string of the molecule is C=C(C)CN(CC)C(=O)CN1C(=O)COc2ccc([N+](=O)[O-])cc21. The Hall–Kier alpha value is -2.90. The molecule has 8 nitrogen and oxygen atoms in total. The highest BCUT2D eigenvalue weighted by atomic mass is 16.6. The number of ether oxygens (including phenoxy) is 1. The predicted octanol–water partition coefficient (Wildman–Crippen LogP) is 1.74. The summed E-state index contributed by atoms with van der Waals surface area (Å²) in [6.07, 6.45) is 0. The number of anilines is 1. The van der Waals surface area contributed by atoms with Gasteiger partial charge in [-0.25, -0.2) is 0 Å². The molecule has 24 heavy (non-hydrogen) atoms. The summed E-state index contributed by atoms with van der Waals surface area (Å²) < 4.78 is 5.28. The fourth-order valence-corrected chi connectivity index (χ4v) is 2.41. The summed E-state index contributed by atoms with van der Waals surface area (Å²) in [7, 11) is 0. The third-order valence-corrected chi connectivity index (χ3v) is 3.58. The fraction of sp³-hybridized carbons (Fsp3) is 0.375. The zero-order chi connectivity index (χ0) is 17.9. The Morgan fingerprint density at radius 3 is 2.79 bits per heavy atom. The van der Waals surface area contributed by atoms with Crippen molar-refractivity contribution in [1.82, 2.24) is 4.90 Å². The summed E-state index contributed by atoms with van der Waals surface area (Å²) in [5, 5.41) is 10.9. The van der Waals surface area contributed by atoms with Crippen molar-refractivity contribution in [2.75, 3.05) is 31.1 Å². The highest BCUT2D eigenvalue weighted by Gasteiger charge is 2.30. The fourth-order valence-electron chi connectivity index (χ4n) is 2.41. The van der Waals surface area contributed by atoms with Crippen LogP contribution in [0.2, 0.25) is 0 Å². The molecule has 0 atom stereocenters. The van der Waals surface area contributed by atoms with Gasteiger partial charge >= 0.3 is 0 Å². The topological polar surface area (TPSA) is 93.0 Å². The number of carbonyl (C=O) groups excluding carboxylic acids is 2. The van der Waals surface area contributed by atoms with E-state index in [2.05, 4.69) is 6.58 Å². The van der Waals surface area contributed by atoms with E-state index in [9.17, 15) is 19.7 Å². The molecule has 0 saturated heterocycles. The molecule has 1 aliphatic heterocycles. The lowest BCUT2D eigenvalue weighted by molar-refractivity contribution is -0.384. The average Bonchev–Trinajstić information content (AvgIpc) is 2.54. The monoisotopic (exact) mass is 333 g/mol. The Bertz CT molecular complexity index is 701. The Morgan fingerprint density at radius 1 is 1.50 bits per heavy atom. The van der Waals surface area contributed by atoms with E-state index in [0.717, 1.165) is 5.57 Å². The number of hydrogen-bond donors (Lipinski definition) is 0. The molecular formula is C16H19N3O5.